The van der Waals surface area contributed by atoms with Crippen molar-refractivity contribution in [2.45, 2.75) is 20.0 Å². The van der Waals surface area contributed by atoms with E-state index in [0.29, 0.717) is 18.0 Å². The molecule has 1 atom stereocenters. The van der Waals surface area contributed by atoms with Crippen molar-refractivity contribution in [3.05, 3.63) is 24.3 Å². The SMILES string of the molecule is CCOC(C)C(=O)Oc1cccc(N)c1. The van der Waals surface area contributed by atoms with E-state index in [1.54, 1.807) is 31.2 Å². The predicted octanol–water partition coefficient (Wildman–Crippen LogP) is 1.60. The lowest BCUT2D eigenvalue weighted by Gasteiger charge is -2.10. The maximum absolute atomic E-state index is 11.4. The summed E-state index contributed by atoms with van der Waals surface area (Å²) in [6.07, 6.45) is -0.559. The first-order chi connectivity index (χ1) is 7.13. The van der Waals surface area contributed by atoms with E-state index in [0.717, 1.165) is 0 Å². The monoisotopic (exact) mass is 209 g/mol. The van der Waals surface area contributed by atoms with Crippen LogP contribution >= 0.6 is 0 Å². The molecule has 1 aromatic carbocycles. The van der Waals surface area contributed by atoms with Crippen LogP contribution in [0.2, 0.25) is 0 Å². The molecule has 0 aliphatic rings. The summed E-state index contributed by atoms with van der Waals surface area (Å²) in [4.78, 5) is 11.4. The summed E-state index contributed by atoms with van der Waals surface area (Å²) in [6.45, 7) is 3.95. The number of hydrogen-bond donors (Lipinski definition) is 1. The molecule has 1 aromatic rings. The van der Waals surface area contributed by atoms with Crippen LogP contribution in [0, 0.1) is 0 Å². The molecule has 15 heavy (non-hydrogen) atoms. The Balaban J connectivity index is 2.58. The van der Waals surface area contributed by atoms with Crippen LogP contribution in [0.25, 0.3) is 0 Å². The van der Waals surface area contributed by atoms with Crippen LogP contribution in [0.15, 0.2) is 24.3 Å². The van der Waals surface area contributed by atoms with Gasteiger partial charge in [-0.1, -0.05) is 6.07 Å². The van der Waals surface area contributed by atoms with Crippen LogP contribution < -0.4 is 10.5 Å². The van der Waals surface area contributed by atoms with Crippen molar-refractivity contribution in [1.82, 2.24) is 0 Å². The zero-order valence-electron chi connectivity index (χ0n) is 8.90. The number of carbonyl (C=O) groups excluding carboxylic acids is 1. The summed E-state index contributed by atoms with van der Waals surface area (Å²) in [5, 5.41) is 0. The summed E-state index contributed by atoms with van der Waals surface area (Å²) in [5.41, 5.74) is 6.11. The van der Waals surface area contributed by atoms with Crippen molar-refractivity contribution in [2.75, 3.05) is 12.3 Å². The van der Waals surface area contributed by atoms with Crippen LogP contribution in [0.1, 0.15) is 13.8 Å². The minimum absolute atomic E-state index is 0.414. The Kier molecular flexibility index (Phi) is 4.12. The molecular weight excluding hydrogens is 194 g/mol. The van der Waals surface area contributed by atoms with E-state index in [-0.39, 0.29) is 0 Å². The molecule has 2 N–H and O–H groups in total. The van der Waals surface area contributed by atoms with E-state index in [1.165, 1.54) is 0 Å². The first-order valence-electron chi connectivity index (χ1n) is 4.82. The Labute approximate surface area is 89.0 Å². The Morgan fingerprint density at radius 3 is 2.87 bits per heavy atom. The van der Waals surface area contributed by atoms with Gasteiger partial charge in [-0.2, -0.15) is 0 Å². The lowest BCUT2D eigenvalue weighted by molar-refractivity contribution is -0.145. The summed E-state index contributed by atoms with van der Waals surface area (Å²) in [6, 6.07) is 6.72. The average molecular weight is 209 g/mol. The lowest BCUT2D eigenvalue weighted by Crippen LogP contribution is -2.25. The zero-order chi connectivity index (χ0) is 11.3. The molecule has 0 heterocycles. The highest BCUT2D eigenvalue weighted by Crippen LogP contribution is 2.15. The molecule has 4 nitrogen and oxygen atoms in total. The van der Waals surface area contributed by atoms with Gasteiger partial charge >= 0.3 is 5.97 Å². The molecule has 0 amide bonds. The molecule has 0 aromatic heterocycles. The van der Waals surface area contributed by atoms with Crippen molar-refractivity contribution in [2.24, 2.45) is 0 Å². The van der Waals surface area contributed by atoms with Crippen molar-refractivity contribution < 1.29 is 14.3 Å². The first-order valence-corrected chi connectivity index (χ1v) is 4.82. The second-order valence-electron chi connectivity index (χ2n) is 3.09. The van der Waals surface area contributed by atoms with Crippen LogP contribution in [0.3, 0.4) is 0 Å². The Hall–Kier alpha value is -1.55. The molecule has 0 bridgehead atoms. The van der Waals surface area contributed by atoms with E-state index in [2.05, 4.69) is 0 Å². The quantitative estimate of drug-likeness (QED) is 0.465. The molecule has 0 radical (unpaired) electrons. The van der Waals surface area contributed by atoms with Crippen LogP contribution in [-0.4, -0.2) is 18.7 Å². The number of esters is 1. The molecule has 0 spiro atoms. The van der Waals surface area contributed by atoms with Gasteiger partial charge in [-0.05, 0) is 26.0 Å². The minimum atomic E-state index is -0.559. The highest BCUT2D eigenvalue weighted by Gasteiger charge is 2.14. The van der Waals surface area contributed by atoms with Crippen molar-refractivity contribution in [1.29, 1.82) is 0 Å². The number of nitrogen functional groups attached to an aromatic ring is 1. The fourth-order valence-electron chi connectivity index (χ4n) is 1.10. The van der Waals surface area contributed by atoms with Gasteiger partial charge in [0.2, 0.25) is 0 Å². The van der Waals surface area contributed by atoms with Crippen molar-refractivity contribution >= 4 is 11.7 Å². The molecule has 0 fully saturated rings. The Bertz CT molecular complexity index is 338. The third-order valence-corrected chi connectivity index (χ3v) is 1.83. The average Bonchev–Trinajstić information content (AvgIpc) is 2.18. The lowest BCUT2D eigenvalue weighted by atomic mass is 10.3. The zero-order valence-corrected chi connectivity index (χ0v) is 8.90. The number of anilines is 1. The molecule has 0 saturated carbocycles. The highest BCUT2D eigenvalue weighted by atomic mass is 16.6. The predicted molar refractivity (Wildman–Crippen MR) is 57.6 cm³/mol. The first kappa shape index (κ1) is 11.5. The van der Waals surface area contributed by atoms with Gasteiger partial charge in [-0.3, -0.25) is 0 Å². The van der Waals surface area contributed by atoms with E-state index >= 15 is 0 Å². The van der Waals surface area contributed by atoms with Gasteiger partial charge < -0.3 is 15.2 Å². The van der Waals surface area contributed by atoms with Gasteiger partial charge in [-0.15, -0.1) is 0 Å². The molecular formula is C11H15NO3. The van der Waals surface area contributed by atoms with E-state index in [9.17, 15) is 4.79 Å². The third-order valence-electron chi connectivity index (χ3n) is 1.83. The van der Waals surface area contributed by atoms with Gasteiger partial charge in [0, 0.05) is 18.4 Å². The number of hydrogen-bond acceptors (Lipinski definition) is 4. The summed E-state index contributed by atoms with van der Waals surface area (Å²) < 4.78 is 10.2. The summed E-state index contributed by atoms with van der Waals surface area (Å²) in [5.74, 6) is 0.0222. The summed E-state index contributed by atoms with van der Waals surface area (Å²) >= 11 is 0. The standard InChI is InChI=1S/C11H15NO3/c1-3-14-8(2)11(13)15-10-6-4-5-9(12)7-10/h4-8H,3,12H2,1-2H3. The second-order valence-corrected chi connectivity index (χ2v) is 3.09. The smallest absolute Gasteiger partial charge is 0.340 e. The molecule has 0 saturated heterocycles. The molecule has 1 rings (SSSR count). The Morgan fingerprint density at radius 2 is 2.27 bits per heavy atom. The minimum Gasteiger partial charge on any atom is -0.425 e. The molecule has 0 aliphatic carbocycles. The van der Waals surface area contributed by atoms with Crippen LogP contribution in [0.4, 0.5) is 5.69 Å². The normalized spacial score (nSPS) is 12.1. The fraction of sp³-hybridized carbons (Fsp3) is 0.364. The van der Waals surface area contributed by atoms with Crippen LogP contribution in [0.5, 0.6) is 5.75 Å². The number of carbonyl (C=O) groups is 1. The maximum Gasteiger partial charge on any atom is 0.340 e. The summed E-state index contributed by atoms with van der Waals surface area (Å²) in [7, 11) is 0. The van der Waals surface area contributed by atoms with E-state index in [1.807, 2.05) is 6.92 Å². The third kappa shape index (κ3) is 3.59. The van der Waals surface area contributed by atoms with Crippen molar-refractivity contribution in [3.8, 4) is 5.75 Å². The Morgan fingerprint density at radius 1 is 1.53 bits per heavy atom. The topological polar surface area (TPSA) is 61.5 Å². The number of nitrogens with two attached hydrogens (primary N) is 1. The van der Waals surface area contributed by atoms with Crippen molar-refractivity contribution in [3.63, 3.8) is 0 Å². The van der Waals surface area contributed by atoms with Gasteiger partial charge in [-0.25, -0.2) is 4.79 Å². The van der Waals surface area contributed by atoms with Gasteiger partial charge in [0.05, 0.1) is 0 Å². The number of benzene rings is 1. The number of rotatable bonds is 4. The van der Waals surface area contributed by atoms with E-state index < -0.39 is 12.1 Å². The second kappa shape index (κ2) is 5.36. The van der Waals surface area contributed by atoms with Gasteiger partial charge in [0.25, 0.3) is 0 Å². The maximum atomic E-state index is 11.4. The van der Waals surface area contributed by atoms with Gasteiger partial charge in [0.15, 0.2) is 6.10 Å². The fourth-order valence-corrected chi connectivity index (χ4v) is 1.10. The molecule has 4 heteroatoms. The molecule has 1 unspecified atom stereocenters. The highest BCUT2D eigenvalue weighted by molar-refractivity contribution is 5.77. The molecule has 0 aliphatic heterocycles. The van der Waals surface area contributed by atoms with E-state index in [4.69, 9.17) is 15.2 Å². The number of ether oxygens (including phenoxy) is 2. The molecule has 82 valence electrons. The largest absolute Gasteiger partial charge is 0.425 e. The van der Waals surface area contributed by atoms with Gasteiger partial charge in [0.1, 0.15) is 5.75 Å². The van der Waals surface area contributed by atoms with Crippen LogP contribution in [-0.2, 0) is 9.53 Å².